The summed E-state index contributed by atoms with van der Waals surface area (Å²) in [6, 6.07) is 17.7. The van der Waals surface area contributed by atoms with Crippen LogP contribution in [-0.4, -0.2) is 39.0 Å². The highest BCUT2D eigenvalue weighted by atomic mass is 16.5. The van der Waals surface area contributed by atoms with Crippen molar-refractivity contribution >= 4 is 16.9 Å². The van der Waals surface area contributed by atoms with Crippen molar-refractivity contribution in [1.29, 1.82) is 0 Å². The van der Waals surface area contributed by atoms with Gasteiger partial charge in [-0.3, -0.25) is 9.78 Å². The molecule has 6 nitrogen and oxygen atoms in total. The first-order valence-corrected chi connectivity index (χ1v) is 10.3. The predicted octanol–water partition coefficient (Wildman–Crippen LogP) is 4.40. The van der Waals surface area contributed by atoms with Crippen LogP contribution in [0.1, 0.15) is 27.3 Å². The van der Waals surface area contributed by atoms with Crippen LogP contribution in [0.15, 0.2) is 67.0 Å². The number of imidazole rings is 1. The molecule has 6 heteroatoms. The number of nitrogens with zero attached hydrogens (tertiary/aromatic N) is 4. The van der Waals surface area contributed by atoms with Crippen molar-refractivity contribution in [1.82, 2.24) is 19.4 Å². The number of fused-ring (bicyclic) bond motifs is 1. The molecule has 31 heavy (non-hydrogen) atoms. The number of aromatic nitrogens is 3. The number of benzene rings is 2. The van der Waals surface area contributed by atoms with E-state index in [1.165, 1.54) is 5.56 Å². The lowest BCUT2D eigenvalue weighted by Crippen LogP contribution is -2.28. The van der Waals surface area contributed by atoms with E-state index in [0.29, 0.717) is 25.3 Å². The van der Waals surface area contributed by atoms with E-state index < -0.39 is 0 Å². The molecule has 0 saturated heterocycles. The highest BCUT2D eigenvalue weighted by molar-refractivity contribution is 5.93. The fourth-order valence-corrected chi connectivity index (χ4v) is 3.70. The molecule has 4 rings (SSSR count). The van der Waals surface area contributed by atoms with Gasteiger partial charge in [-0.05, 0) is 49.7 Å². The topological polar surface area (TPSA) is 60.2 Å². The summed E-state index contributed by atoms with van der Waals surface area (Å²) in [5.74, 6) is 1.63. The van der Waals surface area contributed by atoms with Crippen LogP contribution in [0.25, 0.3) is 11.0 Å². The number of amides is 1. The van der Waals surface area contributed by atoms with E-state index in [1.807, 2.05) is 30.3 Å². The smallest absolute Gasteiger partial charge is 0.255 e. The Morgan fingerprint density at radius 3 is 2.71 bits per heavy atom. The lowest BCUT2D eigenvalue weighted by atomic mass is 10.1. The number of rotatable bonds is 7. The highest BCUT2D eigenvalue weighted by Gasteiger charge is 2.17. The molecular formula is C25H26N4O2. The van der Waals surface area contributed by atoms with Gasteiger partial charge in [0.2, 0.25) is 0 Å². The monoisotopic (exact) mass is 414 g/mol. The summed E-state index contributed by atoms with van der Waals surface area (Å²) in [4.78, 5) is 23.3. The van der Waals surface area contributed by atoms with Crippen molar-refractivity contribution in [3.63, 3.8) is 0 Å². The van der Waals surface area contributed by atoms with Crippen LogP contribution in [0.4, 0.5) is 0 Å². The summed E-state index contributed by atoms with van der Waals surface area (Å²) in [5.41, 5.74) is 4.84. The fraction of sp³-hybridized carbons (Fsp3) is 0.240. The maximum absolute atomic E-state index is 12.8. The molecule has 0 unspecified atom stereocenters. The van der Waals surface area contributed by atoms with Crippen LogP contribution < -0.4 is 4.74 Å². The van der Waals surface area contributed by atoms with Crippen LogP contribution >= 0.6 is 0 Å². The van der Waals surface area contributed by atoms with Gasteiger partial charge in [-0.25, -0.2) is 4.98 Å². The van der Waals surface area contributed by atoms with Crippen LogP contribution in [0.2, 0.25) is 0 Å². The standard InChI is InChI=1S/C25H26N4O2/c1-18-10-11-23(19(2)15-18)31-14-13-29-22-9-5-4-8-21(22)27-24(29)17-28(3)25(30)20-7-6-12-26-16-20/h4-12,15-16H,13-14,17H2,1-3H3. The SMILES string of the molecule is Cc1ccc(OCCn2c(CN(C)C(=O)c3cccnc3)nc3ccccc32)c(C)c1. The van der Waals surface area contributed by atoms with Gasteiger partial charge in [-0.1, -0.05) is 29.8 Å². The molecule has 2 heterocycles. The van der Waals surface area contributed by atoms with E-state index in [2.05, 4.69) is 35.5 Å². The molecule has 0 aliphatic heterocycles. The summed E-state index contributed by atoms with van der Waals surface area (Å²) in [6.07, 6.45) is 3.24. The first-order chi connectivity index (χ1) is 15.0. The molecule has 0 aliphatic carbocycles. The molecule has 0 atom stereocenters. The summed E-state index contributed by atoms with van der Waals surface area (Å²) < 4.78 is 8.18. The normalized spacial score (nSPS) is 10.9. The number of carbonyl (C=O) groups excluding carboxylic acids is 1. The molecule has 0 aliphatic rings. The van der Waals surface area contributed by atoms with E-state index in [1.54, 1.807) is 36.5 Å². The zero-order valence-corrected chi connectivity index (χ0v) is 18.1. The molecule has 2 aromatic carbocycles. The number of para-hydroxylation sites is 2. The number of aryl methyl sites for hydroxylation is 2. The Kier molecular flexibility index (Phi) is 5.98. The molecule has 0 radical (unpaired) electrons. The van der Waals surface area contributed by atoms with E-state index in [9.17, 15) is 4.79 Å². The third-order valence-electron chi connectivity index (χ3n) is 5.27. The number of ether oxygens (including phenoxy) is 1. The van der Waals surface area contributed by atoms with Crippen molar-refractivity contribution in [3.05, 3.63) is 89.5 Å². The van der Waals surface area contributed by atoms with Crippen molar-refractivity contribution < 1.29 is 9.53 Å². The summed E-state index contributed by atoms with van der Waals surface area (Å²) in [5, 5.41) is 0. The van der Waals surface area contributed by atoms with Crippen molar-refractivity contribution in [2.45, 2.75) is 26.9 Å². The Morgan fingerprint density at radius 2 is 1.94 bits per heavy atom. The van der Waals surface area contributed by atoms with E-state index in [-0.39, 0.29) is 5.91 Å². The van der Waals surface area contributed by atoms with Crippen molar-refractivity contribution in [3.8, 4) is 5.75 Å². The zero-order valence-electron chi connectivity index (χ0n) is 18.1. The van der Waals surface area contributed by atoms with Crippen molar-refractivity contribution in [2.24, 2.45) is 0 Å². The minimum absolute atomic E-state index is 0.0850. The number of carbonyl (C=O) groups is 1. The van der Waals surface area contributed by atoms with Crippen LogP contribution in [0.5, 0.6) is 5.75 Å². The third-order valence-corrected chi connectivity index (χ3v) is 5.27. The van der Waals surface area contributed by atoms with Gasteiger partial charge >= 0.3 is 0 Å². The van der Waals surface area contributed by atoms with Crippen LogP contribution in [-0.2, 0) is 13.1 Å². The average molecular weight is 415 g/mol. The minimum atomic E-state index is -0.0850. The second-order valence-electron chi connectivity index (χ2n) is 7.69. The van der Waals surface area contributed by atoms with Gasteiger partial charge in [0.25, 0.3) is 5.91 Å². The van der Waals surface area contributed by atoms with Crippen LogP contribution in [0.3, 0.4) is 0 Å². The van der Waals surface area contributed by atoms with Crippen molar-refractivity contribution in [2.75, 3.05) is 13.7 Å². The number of hydrogen-bond donors (Lipinski definition) is 0. The molecule has 2 aromatic heterocycles. The summed E-state index contributed by atoms with van der Waals surface area (Å²) in [7, 11) is 1.78. The maximum atomic E-state index is 12.8. The van der Waals surface area contributed by atoms with Gasteiger partial charge in [0.05, 0.1) is 29.7 Å². The van der Waals surface area contributed by atoms with Gasteiger partial charge in [-0.2, -0.15) is 0 Å². The summed E-state index contributed by atoms with van der Waals surface area (Å²) in [6.45, 7) is 5.67. The van der Waals surface area contributed by atoms with Gasteiger partial charge in [0, 0.05) is 19.4 Å². The molecule has 0 fully saturated rings. The van der Waals surface area contributed by atoms with E-state index in [4.69, 9.17) is 9.72 Å². The Morgan fingerprint density at radius 1 is 1.10 bits per heavy atom. The zero-order chi connectivity index (χ0) is 21.8. The fourth-order valence-electron chi connectivity index (χ4n) is 3.70. The summed E-state index contributed by atoms with van der Waals surface area (Å²) >= 11 is 0. The maximum Gasteiger partial charge on any atom is 0.255 e. The largest absolute Gasteiger partial charge is 0.491 e. The molecular weight excluding hydrogens is 388 g/mol. The number of hydrogen-bond acceptors (Lipinski definition) is 4. The third kappa shape index (κ3) is 4.58. The quantitative estimate of drug-likeness (QED) is 0.450. The Bertz CT molecular complexity index is 1200. The highest BCUT2D eigenvalue weighted by Crippen LogP contribution is 2.21. The molecule has 0 spiro atoms. The minimum Gasteiger partial charge on any atom is -0.491 e. The lowest BCUT2D eigenvalue weighted by molar-refractivity contribution is 0.0779. The lowest BCUT2D eigenvalue weighted by Gasteiger charge is -2.18. The molecule has 0 saturated carbocycles. The molecule has 0 N–H and O–H groups in total. The Hall–Kier alpha value is -3.67. The van der Waals surface area contributed by atoms with Crippen LogP contribution in [0, 0.1) is 13.8 Å². The van der Waals surface area contributed by atoms with Gasteiger partial charge in [0.15, 0.2) is 0 Å². The van der Waals surface area contributed by atoms with Gasteiger partial charge in [0.1, 0.15) is 18.2 Å². The number of pyridine rings is 1. The average Bonchev–Trinajstić information content (AvgIpc) is 3.12. The van der Waals surface area contributed by atoms with E-state index in [0.717, 1.165) is 28.2 Å². The Labute approximate surface area is 182 Å². The Balaban J connectivity index is 1.53. The second kappa shape index (κ2) is 9.00. The van der Waals surface area contributed by atoms with E-state index >= 15 is 0 Å². The van der Waals surface area contributed by atoms with Gasteiger partial charge < -0.3 is 14.2 Å². The first kappa shape index (κ1) is 20.6. The molecule has 158 valence electrons. The van der Waals surface area contributed by atoms with Gasteiger partial charge in [-0.15, -0.1) is 0 Å². The first-order valence-electron chi connectivity index (χ1n) is 10.3. The molecule has 4 aromatic rings. The molecule has 0 bridgehead atoms. The predicted molar refractivity (Wildman–Crippen MR) is 121 cm³/mol. The second-order valence-corrected chi connectivity index (χ2v) is 7.69. The molecule has 1 amide bonds.